The Labute approximate surface area is 172 Å². The van der Waals surface area contributed by atoms with Gasteiger partial charge in [-0.25, -0.2) is 4.79 Å². The molecule has 3 rings (SSSR count). The molecule has 154 valence electrons. The van der Waals surface area contributed by atoms with Crippen LogP contribution in [0.25, 0.3) is 0 Å². The first-order chi connectivity index (χ1) is 13.8. The van der Waals surface area contributed by atoms with Gasteiger partial charge in [-0.3, -0.25) is 4.90 Å². The van der Waals surface area contributed by atoms with Crippen LogP contribution in [-0.4, -0.2) is 41.1 Å². The molecule has 1 amide bonds. The average molecular weight is 395 g/mol. The molecule has 0 N–H and O–H groups in total. The minimum absolute atomic E-state index is 0.239. The monoisotopic (exact) mass is 395 g/mol. The summed E-state index contributed by atoms with van der Waals surface area (Å²) in [5.74, 6) is 0. The van der Waals surface area contributed by atoms with E-state index in [2.05, 4.69) is 0 Å². The van der Waals surface area contributed by atoms with E-state index in [0.717, 1.165) is 17.4 Å². The van der Waals surface area contributed by atoms with E-state index >= 15 is 0 Å². The summed E-state index contributed by atoms with van der Waals surface area (Å²) in [5.41, 5.74) is 0.437. The highest BCUT2D eigenvalue weighted by molar-refractivity contribution is 5.78. The molecule has 2 aromatic rings. The molecule has 2 atom stereocenters. The van der Waals surface area contributed by atoms with Crippen molar-refractivity contribution in [1.29, 1.82) is 0 Å². The number of rotatable bonds is 6. The maximum atomic E-state index is 12.9. The maximum absolute atomic E-state index is 12.9. The number of likely N-dealkylation sites (tertiary alicyclic amines) is 1. The molecule has 5 heteroatoms. The Morgan fingerprint density at radius 2 is 1.66 bits per heavy atom. The average Bonchev–Trinajstić information content (AvgIpc) is 3.06. The van der Waals surface area contributed by atoms with E-state index in [1.165, 1.54) is 0 Å². The van der Waals surface area contributed by atoms with Gasteiger partial charge in [-0.2, -0.15) is 0 Å². The lowest BCUT2D eigenvalue weighted by Gasteiger charge is -2.34. The normalized spacial score (nSPS) is 21.8. The van der Waals surface area contributed by atoms with Gasteiger partial charge in [0.25, 0.3) is 0 Å². The number of aldehydes is 1. The highest BCUT2D eigenvalue weighted by Crippen LogP contribution is 2.34. The van der Waals surface area contributed by atoms with E-state index < -0.39 is 17.2 Å². The molecule has 1 fully saturated rings. The van der Waals surface area contributed by atoms with Gasteiger partial charge in [0.1, 0.15) is 17.4 Å². The van der Waals surface area contributed by atoms with Gasteiger partial charge in [-0.15, -0.1) is 0 Å². The van der Waals surface area contributed by atoms with Crippen molar-refractivity contribution < 1.29 is 19.1 Å². The molecular weight excluding hydrogens is 366 g/mol. The third kappa shape index (κ3) is 5.45. The summed E-state index contributed by atoms with van der Waals surface area (Å²) in [7, 11) is 0. The van der Waals surface area contributed by atoms with Crippen LogP contribution >= 0.6 is 0 Å². The van der Waals surface area contributed by atoms with Gasteiger partial charge in [0.05, 0.1) is 19.3 Å². The first-order valence-electron chi connectivity index (χ1n) is 9.98. The summed E-state index contributed by atoms with van der Waals surface area (Å²) < 4.78 is 11.7. The molecule has 2 aromatic carbocycles. The van der Waals surface area contributed by atoms with Crippen LogP contribution in [0.1, 0.15) is 38.3 Å². The molecule has 1 aliphatic heterocycles. The molecule has 0 aromatic heterocycles. The zero-order valence-corrected chi connectivity index (χ0v) is 17.3. The first-order valence-corrected chi connectivity index (χ1v) is 9.98. The van der Waals surface area contributed by atoms with Gasteiger partial charge in [0, 0.05) is 12.8 Å². The largest absolute Gasteiger partial charge is 0.444 e. The van der Waals surface area contributed by atoms with E-state index in [4.69, 9.17) is 9.47 Å². The van der Waals surface area contributed by atoms with Crippen molar-refractivity contribution in [2.24, 2.45) is 0 Å². The Balaban J connectivity index is 1.80. The van der Waals surface area contributed by atoms with Crippen LogP contribution in [0.4, 0.5) is 4.79 Å². The lowest BCUT2D eigenvalue weighted by molar-refractivity contribution is -0.117. The molecule has 1 saturated heterocycles. The molecule has 0 unspecified atom stereocenters. The molecule has 0 aliphatic carbocycles. The second kappa shape index (κ2) is 8.78. The fourth-order valence-electron chi connectivity index (χ4n) is 3.70. The van der Waals surface area contributed by atoms with E-state index in [1.54, 1.807) is 4.90 Å². The Morgan fingerprint density at radius 1 is 1.07 bits per heavy atom. The van der Waals surface area contributed by atoms with Gasteiger partial charge in [-0.05, 0) is 31.9 Å². The van der Waals surface area contributed by atoms with Crippen LogP contribution in [0.15, 0.2) is 60.7 Å². The molecule has 0 bridgehead atoms. The predicted octanol–water partition coefficient (Wildman–Crippen LogP) is 4.39. The third-order valence-electron chi connectivity index (χ3n) is 5.02. The van der Waals surface area contributed by atoms with Crippen molar-refractivity contribution in [2.75, 3.05) is 6.54 Å². The van der Waals surface area contributed by atoms with Crippen LogP contribution in [0.3, 0.4) is 0 Å². The van der Waals surface area contributed by atoms with Gasteiger partial charge in [0.2, 0.25) is 0 Å². The van der Waals surface area contributed by atoms with Crippen LogP contribution in [0, 0.1) is 0 Å². The van der Waals surface area contributed by atoms with Gasteiger partial charge in [-0.1, -0.05) is 60.7 Å². The molecule has 0 radical (unpaired) electrons. The smallest absolute Gasteiger partial charge is 0.411 e. The van der Waals surface area contributed by atoms with Gasteiger partial charge >= 0.3 is 6.09 Å². The van der Waals surface area contributed by atoms with Gasteiger partial charge in [0.15, 0.2) is 0 Å². The Bertz CT molecular complexity index is 816. The number of carbonyl (C=O) groups excluding carboxylic acids is 2. The quantitative estimate of drug-likeness (QED) is 0.681. The standard InChI is InChI=1S/C24H29NO4/c1-23(2,3)29-22(27)25-16-21(28-17-20-12-8-5-9-13-20)15-24(25,18-26)14-19-10-6-4-7-11-19/h4-13,18,21H,14-17H2,1-3H3/t21-,24-/m0/s1. The Hall–Kier alpha value is -2.66. The van der Waals surface area contributed by atoms with Crippen LogP contribution in [-0.2, 0) is 27.3 Å². The molecule has 5 nitrogen and oxygen atoms in total. The predicted molar refractivity (Wildman–Crippen MR) is 112 cm³/mol. The van der Waals surface area contributed by atoms with Gasteiger partial charge < -0.3 is 14.3 Å². The molecule has 0 saturated carbocycles. The van der Waals surface area contributed by atoms with E-state index in [0.29, 0.717) is 26.0 Å². The fourth-order valence-corrected chi connectivity index (χ4v) is 3.70. The minimum atomic E-state index is -0.981. The van der Waals surface area contributed by atoms with Crippen molar-refractivity contribution in [3.05, 3.63) is 71.8 Å². The summed E-state index contributed by atoms with van der Waals surface area (Å²) >= 11 is 0. The highest BCUT2D eigenvalue weighted by Gasteiger charge is 2.50. The number of ether oxygens (including phenoxy) is 2. The summed E-state index contributed by atoms with van der Waals surface area (Å²) in [5, 5.41) is 0. The lowest BCUT2D eigenvalue weighted by atomic mass is 9.89. The SMILES string of the molecule is CC(C)(C)OC(=O)N1C[C@@H](OCc2ccccc2)C[C@]1(C=O)Cc1ccccc1. The third-order valence-corrected chi connectivity index (χ3v) is 5.02. The lowest BCUT2D eigenvalue weighted by Crippen LogP contribution is -2.51. The van der Waals surface area contributed by atoms with Crippen LogP contribution < -0.4 is 0 Å². The number of amides is 1. The zero-order valence-electron chi connectivity index (χ0n) is 17.3. The minimum Gasteiger partial charge on any atom is -0.444 e. The van der Waals surface area contributed by atoms with Crippen molar-refractivity contribution >= 4 is 12.4 Å². The zero-order chi connectivity index (χ0) is 20.9. The molecule has 1 heterocycles. The number of hydrogen-bond donors (Lipinski definition) is 0. The van der Waals surface area contributed by atoms with Crippen molar-refractivity contribution in [3.8, 4) is 0 Å². The second-order valence-corrected chi connectivity index (χ2v) is 8.60. The topological polar surface area (TPSA) is 55.8 Å². The van der Waals surface area contributed by atoms with Crippen LogP contribution in [0.2, 0.25) is 0 Å². The number of benzene rings is 2. The molecule has 0 spiro atoms. The maximum Gasteiger partial charge on any atom is 0.411 e. The molecule has 29 heavy (non-hydrogen) atoms. The first kappa shape index (κ1) is 21.1. The number of hydrogen-bond acceptors (Lipinski definition) is 4. The highest BCUT2D eigenvalue weighted by atomic mass is 16.6. The summed E-state index contributed by atoms with van der Waals surface area (Å²) in [4.78, 5) is 26.8. The van der Waals surface area contributed by atoms with E-state index in [1.807, 2.05) is 81.4 Å². The fraction of sp³-hybridized carbons (Fsp3) is 0.417. The van der Waals surface area contributed by atoms with Crippen molar-refractivity contribution in [3.63, 3.8) is 0 Å². The molecular formula is C24H29NO4. The van der Waals surface area contributed by atoms with Crippen molar-refractivity contribution in [1.82, 2.24) is 4.90 Å². The van der Waals surface area contributed by atoms with Crippen LogP contribution in [0.5, 0.6) is 0 Å². The number of carbonyl (C=O) groups is 2. The Morgan fingerprint density at radius 3 is 2.21 bits per heavy atom. The number of nitrogens with zero attached hydrogens (tertiary/aromatic N) is 1. The summed E-state index contributed by atoms with van der Waals surface area (Å²) in [6.45, 7) is 6.24. The van der Waals surface area contributed by atoms with E-state index in [-0.39, 0.29) is 6.10 Å². The summed E-state index contributed by atoms with van der Waals surface area (Å²) in [6, 6.07) is 19.6. The Kier molecular flexibility index (Phi) is 6.38. The molecule has 1 aliphatic rings. The van der Waals surface area contributed by atoms with E-state index in [9.17, 15) is 9.59 Å². The van der Waals surface area contributed by atoms with Crippen molar-refractivity contribution in [2.45, 2.75) is 57.5 Å². The summed E-state index contributed by atoms with van der Waals surface area (Å²) in [6.07, 6.45) is 1.04. The second-order valence-electron chi connectivity index (χ2n) is 8.60.